The van der Waals surface area contributed by atoms with Crippen molar-refractivity contribution in [2.75, 3.05) is 0 Å². The van der Waals surface area contributed by atoms with Gasteiger partial charge in [0.25, 0.3) is 0 Å². The number of nitrogens with zero attached hydrogens (tertiary/aromatic N) is 4. The van der Waals surface area contributed by atoms with E-state index in [0.29, 0.717) is 5.82 Å². The number of hydrogen-bond acceptors (Lipinski definition) is 4. The molecule has 290 valence electrons. The summed E-state index contributed by atoms with van der Waals surface area (Å²) in [6, 6.07) is 76.2. The molecule has 0 aliphatic carbocycles. The molecule has 0 unspecified atom stereocenters. The first-order valence-electron chi connectivity index (χ1n) is 20.8. The number of benzene rings is 8. The molecule has 0 bridgehead atoms. The summed E-state index contributed by atoms with van der Waals surface area (Å²) in [4.78, 5) is 10.4. The molecule has 0 atom stereocenters. The van der Waals surface area contributed by atoms with Crippen molar-refractivity contribution in [2.45, 2.75) is 0 Å². The Morgan fingerprint density at radius 2 is 0.903 bits per heavy atom. The van der Waals surface area contributed by atoms with Gasteiger partial charge in [-0.05, 0) is 64.5 Å². The van der Waals surface area contributed by atoms with Crippen molar-refractivity contribution >= 4 is 38.2 Å². The first-order chi connectivity index (χ1) is 30.7. The molecule has 62 heavy (non-hydrogen) atoms. The van der Waals surface area contributed by atoms with Gasteiger partial charge in [-0.3, -0.25) is 0 Å². The first-order valence-corrected chi connectivity index (χ1v) is 20.8. The SMILES string of the molecule is c1ccc(-c2nc(-c3cccc(-c4ccc5c(c4)oc4ccccc45)c3)cc(-c3cccc(-c4cc5ccccc5c5c(-c6ccccc6)c(-c6ccccc6)nn45)c3)n2)cc1. The second-order valence-electron chi connectivity index (χ2n) is 15.6. The van der Waals surface area contributed by atoms with Crippen LogP contribution in [0.1, 0.15) is 0 Å². The zero-order valence-corrected chi connectivity index (χ0v) is 33.5. The molecule has 0 N–H and O–H groups in total. The molecule has 4 aromatic heterocycles. The minimum absolute atomic E-state index is 0.665. The maximum Gasteiger partial charge on any atom is 0.160 e. The molecule has 0 saturated carbocycles. The van der Waals surface area contributed by atoms with E-state index in [4.69, 9.17) is 19.5 Å². The van der Waals surface area contributed by atoms with Gasteiger partial charge in [0.05, 0.1) is 22.6 Å². The highest BCUT2D eigenvalue weighted by atomic mass is 16.3. The van der Waals surface area contributed by atoms with Gasteiger partial charge in [-0.1, -0.05) is 176 Å². The van der Waals surface area contributed by atoms with Crippen LogP contribution in [0, 0.1) is 0 Å². The molecule has 0 radical (unpaired) electrons. The third-order valence-electron chi connectivity index (χ3n) is 11.8. The number of furan rings is 1. The third kappa shape index (κ3) is 6.14. The van der Waals surface area contributed by atoms with E-state index in [0.717, 1.165) is 111 Å². The maximum atomic E-state index is 6.27. The van der Waals surface area contributed by atoms with Crippen LogP contribution in [0.25, 0.3) is 117 Å². The van der Waals surface area contributed by atoms with Gasteiger partial charge in [0.1, 0.15) is 16.9 Å². The van der Waals surface area contributed by atoms with Gasteiger partial charge in [0, 0.05) is 49.5 Å². The van der Waals surface area contributed by atoms with Crippen molar-refractivity contribution in [3.63, 3.8) is 0 Å². The Labute approximate surface area is 357 Å². The predicted molar refractivity (Wildman–Crippen MR) is 254 cm³/mol. The lowest BCUT2D eigenvalue weighted by Crippen LogP contribution is -1.98. The number of rotatable bonds is 7. The Morgan fingerprint density at radius 3 is 1.65 bits per heavy atom. The van der Waals surface area contributed by atoms with E-state index in [2.05, 4.69) is 193 Å². The second-order valence-corrected chi connectivity index (χ2v) is 15.6. The predicted octanol–water partition coefficient (Wildman–Crippen LogP) is 14.8. The smallest absolute Gasteiger partial charge is 0.160 e. The summed E-state index contributed by atoms with van der Waals surface area (Å²) in [6.45, 7) is 0. The van der Waals surface area contributed by atoms with Gasteiger partial charge in [-0.15, -0.1) is 0 Å². The highest BCUT2D eigenvalue weighted by Crippen LogP contribution is 2.42. The van der Waals surface area contributed by atoms with Gasteiger partial charge >= 0.3 is 0 Å². The Kier molecular flexibility index (Phi) is 8.42. The second kappa shape index (κ2) is 14.7. The topological polar surface area (TPSA) is 56.2 Å². The van der Waals surface area contributed by atoms with Crippen LogP contribution < -0.4 is 0 Å². The molecule has 12 rings (SSSR count). The monoisotopic (exact) mass is 792 g/mol. The standard InChI is InChI=1S/C57H36N4O/c1-4-16-37(17-5-1)54-55(38-18-6-2-7-19-38)60-61-51(34-42-22-10-11-27-46(42)56(54)61)45-26-15-25-44(33-45)50-36-49(58-57(59-50)39-20-8-3-9-21-39)43-24-14-23-40(32-43)41-30-31-48-47-28-12-13-29-52(47)62-53(48)35-41/h1-36H. The van der Waals surface area contributed by atoms with Gasteiger partial charge in [0.15, 0.2) is 5.82 Å². The first kappa shape index (κ1) is 35.5. The lowest BCUT2D eigenvalue weighted by Gasteiger charge is -2.13. The van der Waals surface area contributed by atoms with Crippen molar-refractivity contribution in [1.82, 2.24) is 19.6 Å². The summed E-state index contributed by atoms with van der Waals surface area (Å²) in [5.41, 5.74) is 15.9. The van der Waals surface area contributed by atoms with Crippen LogP contribution in [0.2, 0.25) is 0 Å². The molecule has 8 aromatic carbocycles. The number of fused-ring (bicyclic) bond motifs is 6. The average Bonchev–Trinajstić information content (AvgIpc) is 3.94. The molecule has 4 heterocycles. The van der Waals surface area contributed by atoms with Gasteiger partial charge in [0.2, 0.25) is 0 Å². The van der Waals surface area contributed by atoms with E-state index < -0.39 is 0 Å². The van der Waals surface area contributed by atoms with E-state index in [9.17, 15) is 0 Å². The van der Waals surface area contributed by atoms with E-state index in [1.807, 2.05) is 30.3 Å². The molecule has 0 fully saturated rings. The summed E-state index contributed by atoms with van der Waals surface area (Å²) in [5.74, 6) is 0.665. The molecule has 0 aliphatic heterocycles. The zero-order valence-electron chi connectivity index (χ0n) is 33.5. The number of pyridine rings is 1. The Morgan fingerprint density at radius 1 is 0.355 bits per heavy atom. The molecule has 5 heteroatoms. The van der Waals surface area contributed by atoms with Gasteiger partial charge < -0.3 is 4.42 Å². The Balaban J connectivity index is 1.02. The van der Waals surface area contributed by atoms with Crippen molar-refractivity contribution in [3.05, 3.63) is 218 Å². The number of hydrogen-bond donors (Lipinski definition) is 0. The average molecular weight is 793 g/mol. The molecule has 0 spiro atoms. The number of para-hydroxylation sites is 1. The summed E-state index contributed by atoms with van der Waals surface area (Å²) in [5, 5.41) is 9.97. The highest BCUT2D eigenvalue weighted by Gasteiger charge is 2.22. The molecule has 0 aliphatic rings. The fourth-order valence-electron chi connectivity index (χ4n) is 8.83. The zero-order chi connectivity index (χ0) is 41.0. The fraction of sp³-hybridized carbons (Fsp3) is 0. The van der Waals surface area contributed by atoms with Crippen molar-refractivity contribution < 1.29 is 4.42 Å². The van der Waals surface area contributed by atoms with Crippen LogP contribution in [-0.4, -0.2) is 19.6 Å². The lowest BCUT2D eigenvalue weighted by molar-refractivity contribution is 0.669. The lowest BCUT2D eigenvalue weighted by atomic mass is 9.96. The molecule has 0 amide bonds. The van der Waals surface area contributed by atoms with Crippen LogP contribution in [0.4, 0.5) is 0 Å². The van der Waals surface area contributed by atoms with Crippen molar-refractivity contribution in [2.24, 2.45) is 0 Å². The summed E-state index contributed by atoms with van der Waals surface area (Å²) < 4.78 is 8.41. The summed E-state index contributed by atoms with van der Waals surface area (Å²) in [7, 11) is 0. The van der Waals surface area contributed by atoms with Crippen molar-refractivity contribution in [3.8, 4) is 78.7 Å². The van der Waals surface area contributed by atoms with Crippen LogP contribution in [-0.2, 0) is 0 Å². The van der Waals surface area contributed by atoms with Crippen LogP contribution in [0.3, 0.4) is 0 Å². The fourth-order valence-corrected chi connectivity index (χ4v) is 8.83. The van der Waals surface area contributed by atoms with Gasteiger partial charge in [-0.2, -0.15) is 5.10 Å². The van der Waals surface area contributed by atoms with E-state index in [1.165, 1.54) is 0 Å². The summed E-state index contributed by atoms with van der Waals surface area (Å²) >= 11 is 0. The van der Waals surface area contributed by atoms with E-state index in [1.54, 1.807) is 0 Å². The molecule has 5 nitrogen and oxygen atoms in total. The highest BCUT2D eigenvalue weighted by molar-refractivity contribution is 6.09. The van der Waals surface area contributed by atoms with Crippen LogP contribution in [0.5, 0.6) is 0 Å². The minimum atomic E-state index is 0.665. The van der Waals surface area contributed by atoms with E-state index in [-0.39, 0.29) is 0 Å². The Hall–Kier alpha value is -8.41. The molecule has 0 saturated heterocycles. The molecular weight excluding hydrogens is 757 g/mol. The molecule has 12 aromatic rings. The van der Waals surface area contributed by atoms with Crippen LogP contribution >= 0.6 is 0 Å². The normalized spacial score (nSPS) is 11.5. The molecular formula is C57H36N4O. The maximum absolute atomic E-state index is 6.27. The quantitative estimate of drug-likeness (QED) is 0.161. The number of aromatic nitrogens is 4. The van der Waals surface area contributed by atoms with Crippen LogP contribution in [0.15, 0.2) is 223 Å². The van der Waals surface area contributed by atoms with Gasteiger partial charge in [-0.25, -0.2) is 14.5 Å². The minimum Gasteiger partial charge on any atom is -0.456 e. The Bertz CT molecular complexity index is 3630. The van der Waals surface area contributed by atoms with E-state index >= 15 is 0 Å². The summed E-state index contributed by atoms with van der Waals surface area (Å²) in [6.07, 6.45) is 0. The largest absolute Gasteiger partial charge is 0.456 e. The third-order valence-corrected chi connectivity index (χ3v) is 11.8. The van der Waals surface area contributed by atoms with Crippen molar-refractivity contribution in [1.29, 1.82) is 0 Å².